The Bertz CT molecular complexity index is 575. The Morgan fingerprint density at radius 3 is 2.72 bits per heavy atom. The minimum atomic E-state index is -0.195. The van der Waals surface area contributed by atoms with E-state index in [4.69, 9.17) is 11.6 Å². The second-order valence-corrected chi connectivity index (χ2v) is 5.32. The zero-order valence-corrected chi connectivity index (χ0v) is 11.3. The first-order valence-corrected chi connectivity index (χ1v) is 6.50. The summed E-state index contributed by atoms with van der Waals surface area (Å²) in [6, 6.07) is 7.26. The molecular formula is C13H11ClN2OS. The van der Waals surface area contributed by atoms with Crippen LogP contribution >= 0.6 is 22.9 Å². The van der Waals surface area contributed by atoms with Crippen LogP contribution in [0, 0.1) is 6.92 Å². The summed E-state index contributed by atoms with van der Waals surface area (Å²) in [5.74, 6) is -0.195. The molecule has 5 heteroatoms. The molecule has 2 aromatic rings. The molecule has 0 fully saturated rings. The number of amides is 1. The van der Waals surface area contributed by atoms with Gasteiger partial charge in [-0.05, 0) is 30.7 Å². The number of benzene rings is 1. The maximum absolute atomic E-state index is 11.6. The molecular weight excluding hydrogens is 268 g/mol. The van der Waals surface area contributed by atoms with Gasteiger partial charge in [-0.1, -0.05) is 23.7 Å². The Balaban J connectivity index is 1.96. The number of anilines is 1. The van der Waals surface area contributed by atoms with Crippen molar-refractivity contribution in [2.24, 2.45) is 0 Å². The highest BCUT2D eigenvalue weighted by atomic mass is 35.5. The first-order valence-electron chi connectivity index (χ1n) is 5.30. The Labute approximate surface area is 114 Å². The number of halogens is 1. The predicted molar refractivity (Wildman–Crippen MR) is 76.0 cm³/mol. The Kier molecular flexibility index (Phi) is 4.12. The van der Waals surface area contributed by atoms with Crippen LogP contribution in [0.2, 0.25) is 5.02 Å². The van der Waals surface area contributed by atoms with Gasteiger partial charge in [0.25, 0.3) is 0 Å². The predicted octanol–water partition coefficient (Wildman–Crippen LogP) is 3.76. The molecule has 0 aliphatic heterocycles. The first kappa shape index (κ1) is 12.8. The molecule has 3 nitrogen and oxygen atoms in total. The number of thiazole rings is 1. The number of hydrogen-bond donors (Lipinski definition) is 1. The summed E-state index contributed by atoms with van der Waals surface area (Å²) < 4.78 is 0. The van der Waals surface area contributed by atoms with Gasteiger partial charge in [0.15, 0.2) is 5.13 Å². The third kappa shape index (κ3) is 3.68. The van der Waals surface area contributed by atoms with E-state index in [-0.39, 0.29) is 5.91 Å². The molecule has 0 bridgehead atoms. The highest BCUT2D eigenvalue weighted by Gasteiger charge is 2.01. The summed E-state index contributed by atoms with van der Waals surface area (Å²) in [6.45, 7) is 1.94. The second kappa shape index (κ2) is 5.80. The van der Waals surface area contributed by atoms with Crippen LogP contribution in [0.4, 0.5) is 5.13 Å². The van der Waals surface area contributed by atoms with Crippen molar-refractivity contribution in [2.45, 2.75) is 6.92 Å². The van der Waals surface area contributed by atoms with Gasteiger partial charge >= 0.3 is 0 Å². The molecule has 0 unspecified atom stereocenters. The zero-order chi connectivity index (χ0) is 13.0. The van der Waals surface area contributed by atoms with Crippen molar-refractivity contribution in [1.82, 2.24) is 4.98 Å². The summed E-state index contributed by atoms with van der Waals surface area (Å²) in [4.78, 5) is 16.7. The Hall–Kier alpha value is -1.65. The van der Waals surface area contributed by atoms with Crippen molar-refractivity contribution >= 4 is 40.1 Å². The quantitative estimate of drug-likeness (QED) is 0.869. The highest BCUT2D eigenvalue weighted by molar-refractivity contribution is 7.15. The number of carbonyl (C=O) groups is 1. The Morgan fingerprint density at radius 2 is 2.11 bits per heavy atom. The standard InChI is InChI=1S/C13H11ClN2OS/c1-9-8-15-13(18-9)16-12(17)7-4-10-2-5-11(14)6-3-10/h2-8H,1H3,(H,15,16,17)/b7-4+. The molecule has 1 aromatic heterocycles. The first-order chi connectivity index (χ1) is 8.63. The number of nitrogens with zero attached hydrogens (tertiary/aromatic N) is 1. The molecule has 92 valence electrons. The van der Waals surface area contributed by atoms with E-state index >= 15 is 0 Å². The van der Waals surface area contributed by atoms with Crippen LogP contribution in [-0.4, -0.2) is 10.9 Å². The average Bonchev–Trinajstić information content (AvgIpc) is 2.74. The molecule has 0 aliphatic rings. The van der Waals surface area contributed by atoms with Gasteiger partial charge in [-0.2, -0.15) is 0 Å². The van der Waals surface area contributed by atoms with Crippen LogP contribution < -0.4 is 5.32 Å². The number of nitrogens with one attached hydrogen (secondary N) is 1. The van der Waals surface area contributed by atoms with Crippen molar-refractivity contribution in [2.75, 3.05) is 5.32 Å². The van der Waals surface area contributed by atoms with E-state index in [2.05, 4.69) is 10.3 Å². The smallest absolute Gasteiger partial charge is 0.250 e. The third-order valence-electron chi connectivity index (χ3n) is 2.15. The fourth-order valence-electron chi connectivity index (χ4n) is 1.31. The van der Waals surface area contributed by atoms with Gasteiger partial charge in [-0.3, -0.25) is 10.1 Å². The van der Waals surface area contributed by atoms with E-state index < -0.39 is 0 Å². The molecule has 0 radical (unpaired) electrons. The van der Waals surface area contributed by atoms with Crippen LogP contribution in [-0.2, 0) is 4.79 Å². The number of aromatic nitrogens is 1. The van der Waals surface area contributed by atoms with Gasteiger partial charge in [-0.25, -0.2) is 4.98 Å². The fraction of sp³-hybridized carbons (Fsp3) is 0.0769. The molecule has 0 saturated heterocycles. The van der Waals surface area contributed by atoms with Crippen LogP contribution in [0.1, 0.15) is 10.4 Å². The summed E-state index contributed by atoms with van der Waals surface area (Å²) in [5, 5.41) is 3.99. The average molecular weight is 279 g/mol. The van der Waals surface area contributed by atoms with Crippen molar-refractivity contribution in [1.29, 1.82) is 0 Å². The van der Waals surface area contributed by atoms with Crippen molar-refractivity contribution < 1.29 is 4.79 Å². The molecule has 0 aliphatic carbocycles. The molecule has 0 saturated carbocycles. The van der Waals surface area contributed by atoms with Crippen molar-refractivity contribution in [3.05, 3.63) is 52.0 Å². The lowest BCUT2D eigenvalue weighted by atomic mass is 10.2. The normalized spacial score (nSPS) is 10.8. The molecule has 0 spiro atoms. The van der Waals surface area contributed by atoms with Gasteiger partial charge < -0.3 is 0 Å². The number of hydrogen-bond acceptors (Lipinski definition) is 3. The number of carbonyl (C=O) groups excluding carboxylic acids is 1. The van der Waals surface area contributed by atoms with E-state index in [9.17, 15) is 4.79 Å². The van der Waals surface area contributed by atoms with E-state index in [1.807, 2.05) is 19.1 Å². The summed E-state index contributed by atoms with van der Waals surface area (Å²) in [7, 11) is 0. The largest absolute Gasteiger partial charge is 0.298 e. The number of aryl methyl sites for hydroxylation is 1. The lowest BCUT2D eigenvalue weighted by Gasteiger charge is -1.96. The molecule has 1 amide bonds. The summed E-state index contributed by atoms with van der Waals surface area (Å²) in [5.41, 5.74) is 0.921. The van der Waals surface area contributed by atoms with Gasteiger partial charge in [-0.15, -0.1) is 11.3 Å². The molecule has 1 N–H and O–H groups in total. The van der Waals surface area contributed by atoms with Crippen molar-refractivity contribution in [3.8, 4) is 0 Å². The highest BCUT2D eigenvalue weighted by Crippen LogP contribution is 2.16. The maximum Gasteiger partial charge on any atom is 0.250 e. The SMILES string of the molecule is Cc1cnc(NC(=O)/C=C/c2ccc(Cl)cc2)s1. The van der Waals surface area contributed by atoms with Gasteiger partial charge in [0, 0.05) is 22.2 Å². The maximum atomic E-state index is 11.6. The number of rotatable bonds is 3. The minimum absolute atomic E-state index is 0.195. The fourth-order valence-corrected chi connectivity index (χ4v) is 2.10. The zero-order valence-electron chi connectivity index (χ0n) is 9.68. The van der Waals surface area contributed by atoms with Crippen molar-refractivity contribution in [3.63, 3.8) is 0 Å². The van der Waals surface area contributed by atoms with Gasteiger partial charge in [0.05, 0.1) is 0 Å². The summed E-state index contributed by atoms with van der Waals surface area (Å²) in [6.07, 6.45) is 4.93. The molecule has 18 heavy (non-hydrogen) atoms. The van der Waals surface area contributed by atoms with Crippen LogP contribution in [0.25, 0.3) is 6.08 Å². The van der Waals surface area contributed by atoms with E-state index in [0.29, 0.717) is 10.2 Å². The molecule has 0 atom stereocenters. The molecule has 1 heterocycles. The third-order valence-corrected chi connectivity index (χ3v) is 3.23. The lowest BCUT2D eigenvalue weighted by molar-refractivity contribution is -0.111. The van der Waals surface area contributed by atoms with E-state index in [0.717, 1.165) is 10.4 Å². The Morgan fingerprint density at radius 1 is 1.39 bits per heavy atom. The molecule has 2 rings (SSSR count). The topological polar surface area (TPSA) is 42.0 Å². The minimum Gasteiger partial charge on any atom is -0.298 e. The molecule has 1 aromatic carbocycles. The van der Waals surface area contributed by atoms with Gasteiger partial charge in [0.1, 0.15) is 0 Å². The second-order valence-electron chi connectivity index (χ2n) is 3.65. The van der Waals surface area contributed by atoms with E-state index in [1.165, 1.54) is 17.4 Å². The summed E-state index contributed by atoms with van der Waals surface area (Å²) >= 11 is 7.22. The van der Waals surface area contributed by atoms with Crippen LogP contribution in [0.5, 0.6) is 0 Å². The van der Waals surface area contributed by atoms with E-state index in [1.54, 1.807) is 24.4 Å². The van der Waals surface area contributed by atoms with Gasteiger partial charge in [0.2, 0.25) is 5.91 Å². The monoisotopic (exact) mass is 278 g/mol. The van der Waals surface area contributed by atoms with Crippen LogP contribution in [0.15, 0.2) is 36.5 Å². The lowest BCUT2D eigenvalue weighted by Crippen LogP contribution is -2.06. The van der Waals surface area contributed by atoms with Crippen LogP contribution in [0.3, 0.4) is 0 Å².